The minimum atomic E-state index is -0.840. The number of hydrogen-bond acceptors (Lipinski definition) is 6. The lowest BCUT2D eigenvalue weighted by Crippen LogP contribution is -2.53. The molecular formula is C27H43N3O6. The van der Waals surface area contributed by atoms with E-state index >= 15 is 0 Å². The van der Waals surface area contributed by atoms with E-state index in [1.165, 1.54) is 26.2 Å². The van der Waals surface area contributed by atoms with Crippen molar-refractivity contribution in [3.8, 4) is 17.2 Å². The number of methoxy groups -OCH3 is 3. The molecule has 0 aliphatic heterocycles. The molecule has 0 radical (unpaired) electrons. The molecule has 3 N–H and O–H groups in total. The van der Waals surface area contributed by atoms with E-state index in [0.717, 1.165) is 50.5 Å². The van der Waals surface area contributed by atoms with Gasteiger partial charge in [-0.1, -0.05) is 46.0 Å². The molecule has 36 heavy (non-hydrogen) atoms. The molecule has 2 atom stereocenters. The van der Waals surface area contributed by atoms with Gasteiger partial charge in [-0.2, -0.15) is 0 Å². The van der Waals surface area contributed by atoms with Crippen LogP contribution in [0.2, 0.25) is 0 Å². The van der Waals surface area contributed by atoms with Gasteiger partial charge in [0.25, 0.3) is 0 Å². The Balaban J connectivity index is 2.54. The zero-order valence-electron chi connectivity index (χ0n) is 22.4. The second kappa shape index (κ2) is 14.6. The van der Waals surface area contributed by atoms with Crippen LogP contribution in [-0.2, 0) is 9.59 Å². The van der Waals surface area contributed by atoms with Crippen LogP contribution in [0.4, 0.5) is 4.79 Å². The number of carbonyl (C=O) groups is 3. The maximum Gasteiger partial charge on any atom is 0.324 e. The molecule has 0 spiro atoms. The summed E-state index contributed by atoms with van der Waals surface area (Å²) in [5.74, 6) is -0.0501. The lowest BCUT2D eigenvalue weighted by molar-refractivity contribution is -0.132. The fraction of sp³-hybridized carbons (Fsp3) is 0.667. The Hall–Kier alpha value is -2.97. The molecule has 0 heterocycles. The van der Waals surface area contributed by atoms with Gasteiger partial charge in [0.05, 0.1) is 27.2 Å². The molecular weight excluding hydrogens is 462 g/mol. The Morgan fingerprint density at radius 1 is 1.00 bits per heavy atom. The van der Waals surface area contributed by atoms with E-state index in [9.17, 15) is 14.4 Å². The van der Waals surface area contributed by atoms with Gasteiger partial charge < -0.3 is 25.3 Å². The molecule has 1 aromatic rings. The van der Waals surface area contributed by atoms with Gasteiger partial charge in [-0.3, -0.25) is 14.5 Å². The first-order valence-electron chi connectivity index (χ1n) is 13.0. The number of nitrogens with two attached hydrogens (primary N) is 1. The van der Waals surface area contributed by atoms with Crippen LogP contribution in [0.15, 0.2) is 12.1 Å². The average Bonchev–Trinajstić information content (AvgIpc) is 2.89. The van der Waals surface area contributed by atoms with Crippen LogP contribution in [-0.4, -0.2) is 56.7 Å². The number of nitrogens with zero attached hydrogens (tertiary/aromatic N) is 1. The maximum absolute atomic E-state index is 14.2. The number of hydrogen-bond donors (Lipinski definition) is 2. The van der Waals surface area contributed by atoms with Crippen molar-refractivity contribution in [2.75, 3.05) is 27.9 Å². The highest BCUT2D eigenvalue weighted by atomic mass is 16.5. The number of rotatable bonds is 13. The zero-order chi connectivity index (χ0) is 26.7. The third kappa shape index (κ3) is 7.27. The summed E-state index contributed by atoms with van der Waals surface area (Å²) in [7, 11) is 4.61. The Kier molecular flexibility index (Phi) is 11.8. The summed E-state index contributed by atoms with van der Waals surface area (Å²) in [5, 5.41) is 2.67. The van der Waals surface area contributed by atoms with Crippen molar-refractivity contribution in [1.29, 1.82) is 0 Å². The molecule has 0 bridgehead atoms. The standard InChI is InChI=1S/C27H43N3O6/c1-6-8-12-15-30(27(33)29-20(7-2)25(28)31)26(32)23(18-13-10-9-11-14-18)19-16-21(34-3)24(36-5)22(17-19)35-4/h16-18,20,23H,6-15H2,1-5H3,(H2,28,31)(H,29,33)/t20-,23?/m0/s1. The number of urea groups is 1. The van der Waals surface area contributed by atoms with Crippen molar-refractivity contribution < 1.29 is 28.6 Å². The quantitative estimate of drug-likeness (QED) is 0.384. The van der Waals surface area contributed by atoms with Gasteiger partial charge in [0, 0.05) is 6.54 Å². The molecule has 202 valence electrons. The van der Waals surface area contributed by atoms with Crippen LogP contribution in [0.25, 0.3) is 0 Å². The summed E-state index contributed by atoms with van der Waals surface area (Å²) in [6, 6.07) is 2.18. The number of ether oxygens (including phenoxy) is 3. The van der Waals surface area contributed by atoms with Crippen molar-refractivity contribution in [3.05, 3.63) is 17.7 Å². The molecule has 1 aromatic carbocycles. The normalized spacial score (nSPS) is 15.5. The van der Waals surface area contributed by atoms with Crippen molar-refractivity contribution in [2.24, 2.45) is 11.7 Å². The minimum absolute atomic E-state index is 0.0636. The maximum atomic E-state index is 14.2. The van der Waals surface area contributed by atoms with E-state index in [2.05, 4.69) is 12.2 Å². The van der Waals surface area contributed by atoms with Crippen LogP contribution in [0.3, 0.4) is 0 Å². The summed E-state index contributed by atoms with van der Waals surface area (Å²) in [4.78, 5) is 40.6. The van der Waals surface area contributed by atoms with Crippen LogP contribution in [0.1, 0.15) is 83.1 Å². The van der Waals surface area contributed by atoms with Crippen molar-refractivity contribution in [2.45, 2.75) is 83.6 Å². The predicted octanol–water partition coefficient (Wildman–Crippen LogP) is 4.37. The number of benzene rings is 1. The van der Waals surface area contributed by atoms with Crippen molar-refractivity contribution in [3.63, 3.8) is 0 Å². The highest BCUT2D eigenvalue weighted by Crippen LogP contribution is 2.44. The van der Waals surface area contributed by atoms with Gasteiger partial charge in [0.1, 0.15) is 6.04 Å². The Morgan fingerprint density at radius 2 is 1.61 bits per heavy atom. The van der Waals surface area contributed by atoms with E-state index < -0.39 is 23.9 Å². The fourth-order valence-electron chi connectivity index (χ4n) is 4.97. The fourth-order valence-corrected chi connectivity index (χ4v) is 4.97. The van der Waals surface area contributed by atoms with Gasteiger partial charge in [-0.15, -0.1) is 0 Å². The molecule has 9 heteroatoms. The Bertz CT molecular complexity index is 859. The van der Waals surface area contributed by atoms with Gasteiger partial charge in [0.2, 0.25) is 17.6 Å². The van der Waals surface area contributed by atoms with E-state index in [4.69, 9.17) is 19.9 Å². The smallest absolute Gasteiger partial charge is 0.324 e. The van der Waals surface area contributed by atoms with E-state index in [1.807, 2.05) is 0 Å². The summed E-state index contributed by atoms with van der Waals surface area (Å²) in [5.41, 5.74) is 6.17. The number of unbranched alkanes of at least 4 members (excludes halogenated alkanes) is 2. The van der Waals surface area contributed by atoms with E-state index in [0.29, 0.717) is 30.1 Å². The van der Waals surface area contributed by atoms with Gasteiger partial charge in [-0.05, 0) is 49.3 Å². The number of carbonyl (C=O) groups excluding carboxylic acids is 3. The topological polar surface area (TPSA) is 120 Å². The third-order valence-electron chi connectivity index (χ3n) is 6.98. The average molecular weight is 506 g/mol. The van der Waals surface area contributed by atoms with Crippen molar-refractivity contribution in [1.82, 2.24) is 10.2 Å². The largest absolute Gasteiger partial charge is 0.493 e. The summed E-state index contributed by atoms with van der Waals surface area (Å²) in [6.45, 7) is 4.09. The van der Waals surface area contributed by atoms with Gasteiger partial charge in [0.15, 0.2) is 11.5 Å². The SMILES string of the molecule is CCCCCN(C(=O)N[C@@H](CC)C(N)=O)C(=O)C(c1cc(OC)c(OC)c(OC)c1)C1CCCCC1. The number of primary amides is 1. The van der Waals surface area contributed by atoms with Crippen molar-refractivity contribution >= 4 is 17.8 Å². The van der Waals surface area contributed by atoms with Gasteiger partial charge >= 0.3 is 6.03 Å². The molecule has 1 fully saturated rings. The molecule has 2 rings (SSSR count). The zero-order valence-corrected chi connectivity index (χ0v) is 22.4. The molecule has 1 saturated carbocycles. The lowest BCUT2D eigenvalue weighted by Gasteiger charge is -2.34. The van der Waals surface area contributed by atoms with Crippen LogP contribution < -0.4 is 25.3 Å². The Morgan fingerprint density at radius 3 is 2.08 bits per heavy atom. The summed E-state index contributed by atoms with van der Waals surface area (Å²) in [6.07, 6.45) is 7.80. The third-order valence-corrected chi connectivity index (χ3v) is 6.98. The first-order chi connectivity index (χ1) is 17.3. The molecule has 1 aliphatic carbocycles. The summed E-state index contributed by atoms with van der Waals surface area (Å²) >= 11 is 0. The number of imide groups is 1. The van der Waals surface area contributed by atoms with Crippen LogP contribution in [0.5, 0.6) is 17.2 Å². The van der Waals surface area contributed by atoms with Gasteiger partial charge in [-0.25, -0.2) is 4.79 Å². The number of amides is 4. The highest BCUT2D eigenvalue weighted by Gasteiger charge is 2.37. The first-order valence-corrected chi connectivity index (χ1v) is 13.0. The molecule has 1 aliphatic rings. The molecule has 1 unspecified atom stereocenters. The lowest BCUT2D eigenvalue weighted by atomic mass is 9.76. The second-order valence-electron chi connectivity index (χ2n) is 9.34. The highest BCUT2D eigenvalue weighted by molar-refractivity contribution is 5.99. The minimum Gasteiger partial charge on any atom is -0.493 e. The molecule has 4 amide bonds. The molecule has 0 aromatic heterocycles. The first kappa shape index (κ1) is 29.3. The van der Waals surface area contributed by atoms with Crippen LogP contribution >= 0.6 is 0 Å². The Labute approximate surface area is 215 Å². The molecule has 9 nitrogen and oxygen atoms in total. The monoisotopic (exact) mass is 505 g/mol. The van der Waals surface area contributed by atoms with E-state index in [-0.39, 0.29) is 18.4 Å². The predicted molar refractivity (Wildman–Crippen MR) is 138 cm³/mol. The van der Waals surface area contributed by atoms with E-state index in [1.54, 1.807) is 19.1 Å². The molecule has 0 saturated heterocycles. The number of nitrogens with one attached hydrogen (secondary N) is 1. The second-order valence-corrected chi connectivity index (χ2v) is 9.34. The van der Waals surface area contributed by atoms with Crippen LogP contribution in [0, 0.1) is 5.92 Å². The summed E-state index contributed by atoms with van der Waals surface area (Å²) < 4.78 is 16.6.